The molecule has 0 fully saturated rings. The number of rotatable bonds is 1. The first-order valence-corrected chi connectivity index (χ1v) is 6.25. The number of fused-ring (bicyclic) bond motifs is 1. The van der Waals surface area contributed by atoms with Crippen molar-refractivity contribution in [3.8, 4) is 11.1 Å². The van der Waals surface area contributed by atoms with Crippen molar-refractivity contribution < 1.29 is 4.79 Å². The van der Waals surface area contributed by atoms with Crippen LogP contribution in [-0.4, -0.2) is 15.6 Å². The summed E-state index contributed by atoms with van der Waals surface area (Å²) in [5.74, 6) is 0.269. The number of hydrogen-bond acceptors (Lipinski definition) is 2. The lowest BCUT2D eigenvalue weighted by Crippen LogP contribution is -1.95. The fourth-order valence-corrected chi connectivity index (χ4v) is 2.89. The van der Waals surface area contributed by atoms with Crippen molar-refractivity contribution in [2.24, 2.45) is 7.05 Å². The average Bonchev–Trinajstić information content (AvgIpc) is 2.83. The predicted molar refractivity (Wildman–Crippen MR) is 70.8 cm³/mol. The lowest BCUT2D eigenvalue weighted by Gasteiger charge is -2.08. The van der Waals surface area contributed by atoms with E-state index in [9.17, 15) is 4.79 Å². The molecule has 0 aliphatic heterocycles. The summed E-state index contributed by atoms with van der Waals surface area (Å²) in [5, 5.41) is 4.46. The Morgan fingerprint density at radius 1 is 1.17 bits per heavy atom. The number of aryl methyl sites for hydroxylation is 2. The van der Waals surface area contributed by atoms with Crippen LogP contribution < -0.4 is 0 Å². The van der Waals surface area contributed by atoms with Crippen LogP contribution >= 0.6 is 0 Å². The van der Waals surface area contributed by atoms with Crippen LogP contribution in [0.3, 0.4) is 0 Å². The van der Waals surface area contributed by atoms with Gasteiger partial charge in [-0.05, 0) is 31.4 Å². The van der Waals surface area contributed by atoms with Gasteiger partial charge in [0.15, 0.2) is 5.78 Å². The first-order chi connectivity index (χ1) is 8.59. The molecule has 0 radical (unpaired) electrons. The van der Waals surface area contributed by atoms with Crippen LogP contribution in [-0.2, 0) is 13.5 Å². The van der Waals surface area contributed by atoms with Gasteiger partial charge in [-0.15, -0.1) is 0 Å². The summed E-state index contributed by atoms with van der Waals surface area (Å²) < 4.78 is 1.90. The molecule has 18 heavy (non-hydrogen) atoms. The first kappa shape index (κ1) is 11.2. The van der Waals surface area contributed by atoms with E-state index in [4.69, 9.17) is 0 Å². The molecule has 3 nitrogen and oxygen atoms in total. The molecule has 1 aromatic carbocycles. The highest BCUT2D eigenvalue weighted by atomic mass is 16.1. The summed E-state index contributed by atoms with van der Waals surface area (Å²) in [4.78, 5) is 11.8. The number of carbonyl (C=O) groups is 1. The van der Waals surface area contributed by atoms with Crippen LogP contribution in [0, 0.1) is 13.8 Å². The van der Waals surface area contributed by atoms with Crippen LogP contribution in [0.25, 0.3) is 11.1 Å². The van der Waals surface area contributed by atoms with Gasteiger partial charge in [-0.3, -0.25) is 9.48 Å². The van der Waals surface area contributed by atoms with Crippen molar-refractivity contribution in [1.29, 1.82) is 0 Å². The van der Waals surface area contributed by atoms with Gasteiger partial charge in [-0.1, -0.05) is 18.2 Å². The summed E-state index contributed by atoms with van der Waals surface area (Å²) in [5.41, 5.74) is 6.64. The van der Waals surface area contributed by atoms with Crippen molar-refractivity contribution in [2.45, 2.75) is 26.7 Å². The molecule has 3 heteroatoms. The highest BCUT2D eigenvalue weighted by Gasteiger charge is 2.24. The maximum atomic E-state index is 11.8. The molecule has 1 heterocycles. The number of Topliss-reactive ketones (excluding diaryl/α,β-unsaturated/α-hetero) is 1. The SMILES string of the molecule is Cc1nn(C)c(C)c1-c1cccc2c1CCC2=O. The van der Waals surface area contributed by atoms with Gasteiger partial charge in [0.2, 0.25) is 0 Å². The minimum atomic E-state index is 0.269. The molecule has 2 aromatic rings. The Balaban J connectivity index is 2.28. The molecule has 0 bridgehead atoms. The van der Waals surface area contributed by atoms with Gasteiger partial charge < -0.3 is 0 Å². The first-order valence-electron chi connectivity index (χ1n) is 6.25. The minimum Gasteiger partial charge on any atom is -0.294 e. The van der Waals surface area contributed by atoms with Gasteiger partial charge in [0.25, 0.3) is 0 Å². The predicted octanol–water partition coefficient (Wildman–Crippen LogP) is 2.83. The van der Waals surface area contributed by atoms with Crippen LogP contribution in [0.15, 0.2) is 18.2 Å². The molecule has 0 unspecified atom stereocenters. The van der Waals surface area contributed by atoms with E-state index >= 15 is 0 Å². The standard InChI is InChI=1S/C15H16N2O/c1-9-15(10(2)17(3)16-9)13-6-4-5-12-11(13)7-8-14(12)18/h4-6H,7-8H2,1-3H3. The van der Waals surface area contributed by atoms with E-state index in [1.165, 1.54) is 16.7 Å². The van der Waals surface area contributed by atoms with Crippen molar-refractivity contribution >= 4 is 5.78 Å². The maximum absolute atomic E-state index is 11.8. The summed E-state index contributed by atoms with van der Waals surface area (Å²) in [6.07, 6.45) is 1.50. The van der Waals surface area contributed by atoms with Gasteiger partial charge in [-0.25, -0.2) is 0 Å². The zero-order chi connectivity index (χ0) is 12.9. The monoisotopic (exact) mass is 240 g/mol. The molecule has 1 aliphatic carbocycles. The fraction of sp³-hybridized carbons (Fsp3) is 0.333. The second kappa shape index (κ2) is 3.80. The lowest BCUT2D eigenvalue weighted by molar-refractivity contribution is 0.0994. The minimum absolute atomic E-state index is 0.269. The van der Waals surface area contributed by atoms with E-state index in [2.05, 4.69) is 18.1 Å². The summed E-state index contributed by atoms with van der Waals surface area (Å²) in [7, 11) is 1.96. The summed E-state index contributed by atoms with van der Waals surface area (Å²) in [6.45, 7) is 4.10. The Morgan fingerprint density at radius 3 is 2.56 bits per heavy atom. The van der Waals surface area contributed by atoms with Crippen molar-refractivity contribution in [2.75, 3.05) is 0 Å². The highest BCUT2D eigenvalue weighted by molar-refractivity contribution is 6.02. The summed E-state index contributed by atoms with van der Waals surface area (Å²) >= 11 is 0. The number of nitrogens with zero attached hydrogens (tertiary/aromatic N) is 2. The van der Waals surface area contributed by atoms with E-state index in [1.807, 2.05) is 30.8 Å². The number of carbonyl (C=O) groups excluding carboxylic acids is 1. The molecule has 0 amide bonds. The van der Waals surface area contributed by atoms with E-state index in [0.29, 0.717) is 6.42 Å². The van der Waals surface area contributed by atoms with Crippen molar-refractivity contribution in [1.82, 2.24) is 9.78 Å². The van der Waals surface area contributed by atoms with Gasteiger partial charge in [-0.2, -0.15) is 5.10 Å². The van der Waals surface area contributed by atoms with Crippen molar-refractivity contribution in [3.05, 3.63) is 40.7 Å². The molecule has 1 aromatic heterocycles. The maximum Gasteiger partial charge on any atom is 0.163 e. The van der Waals surface area contributed by atoms with Crippen LogP contribution in [0.1, 0.15) is 33.7 Å². The molecule has 0 spiro atoms. The molecule has 3 rings (SSSR count). The quantitative estimate of drug-likeness (QED) is 0.768. The lowest BCUT2D eigenvalue weighted by atomic mass is 9.95. The van der Waals surface area contributed by atoms with Gasteiger partial charge >= 0.3 is 0 Å². The molecule has 0 atom stereocenters. The average molecular weight is 240 g/mol. The van der Waals surface area contributed by atoms with Crippen LogP contribution in [0.5, 0.6) is 0 Å². The molecule has 0 N–H and O–H groups in total. The highest BCUT2D eigenvalue weighted by Crippen LogP contribution is 2.35. The third kappa shape index (κ3) is 1.43. The number of ketones is 1. The van der Waals surface area contributed by atoms with Gasteiger partial charge in [0.05, 0.1) is 5.69 Å². The van der Waals surface area contributed by atoms with Crippen LogP contribution in [0.4, 0.5) is 0 Å². The zero-order valence-corrected chi connectivity index (χ0v) is 10.9. The molecule has 92 valence electrons. The Bertz CT molecular complexity index is 653. The molecular weight excluding hydrogens is 224 g/mol. The third-order valence-electron chi connectivity index (χ3n) is 3.86. The largest absolute Gasteiger partial charge is 0.294 e. The Labute approximate surface area is 106 Å². The second-order valence-electron chi connectivity index (χ2n) is 4.92. The van der Waals surface area contributed by atoms with Crippen LogP contribution in [0.2, 0.25) is 0 Å². The second-order valence-corrected chi connectivity index (χ2v) is 4.92. The number of aromatic nitrogens is 2. The topological polar surface area (TPSA) is 34.9 Å². The van der Waals surface area contributed by atoms with Gasteiger partial charge in [0.1, 0.15) is 0 Å². The molecule has 0 saturated heterocycles. The van der Waals surface area contributed by atoms with E-state index in [1.54, 1.807) is 0 Å². The zero-order valence-electron chi connectivity index (χ0n) is 10.9. The van der Waals surface area contributed by atoms with Gasteiger partial charge in [0, 0.05) is 30.3 Å². The Hall–Kier alpha value is -1.90. The summed E-state index contributed by atoms with van der Waals surface area (Å²) in [6, 6.07) is 6.02. The molecule has 0 saturated carbocycles. The Morgan fingerprint density at radius 2 is 1.89 bits per heavy atom. The number of hydrogen-bond donors (Lipinski definition) is 0. The third-order valence-corrected chi connectivity index (χ3v) is 3.86. The van der Waals surface area contributed by atoms with Crippen molar-refractivity contribution in [3.63, 3.8) is 0 Å². The van der Waals surface area contributed by atoms with E-state index in [0.717, 1.165) is 23.4 Å². The Kier molecular flexibility index (Phi) is 2.37. The molecular formula is C15H16N2O. The fourth-order valence-electron chi connectivity index (χ4n) is 2.89. The molecule has 1 aliphatic rings. The number of benzene rings is 1. The smallest absolute Gasteiger partial charge is 0.163 e. The van der Waals surface area contributed by atoms with E-state index < -0.39 is 0 Å². The van der Waals surface area contributed by atoms with E-state index in [-0.39, 0.29) is 5.78 Å². The normalized spacial score (nSPS) is 14.1.